The van der Waals surface area contributed by atoms with Crippen molar-refractivity contribution in [2.75, 3.05) is 13.2 Å². The van der Waals surface area contributed by atoms with Gasteiger partial charge in [0, 0.05) is 16.5 Å². The second-order valence-electron chi connectivity index (χ2n) is 7.09. The SMILES string of the molecule is CC(C)(CO)[C@H]1OC(c2ccsc2)O[C@H]2COC(c3ccsc3)O[C@H]21. The molecule has 136 valence electrons. The maximum Gasteiger partial charge on any atom is 0.185 e. The van der Waals surface area contributed by atoms with Gasteiger partial charge in [0.05, 0.1) is 19.3 Å². The van der Waals surface area contributed by atoms with Gasteiger partial charge in [-0.2, -0.15) is 22.7 Å². The van der Waals surface area contributed by atoms with Crippen molar-refractivity contribution in [3.8, 4) is 0 Å². The molecule has 0 bridgehead atoms. The minimum Gasteiger partial charge on any atom is -0.396 e. The summed E-state index contributed by atoms with van der Waals surface area (Å²) in [5.74, 6) is 0. The molecule has 4 rings (SSSR count). The van der Waals surface area contributed by atoms with Gasteiger partial charge in [-0.05, 0) is 33.7 Å². The standard InChI is InChI=1S/C18H22O5S2/c1-18(2,10-19)15-14-13(21-17(23-15)12-4-6-25-9-12)7-20-16(22-14)11-3-5-24-8-11/h3-6,8-9,13-17,19H,7,10H2,1-2H3/t13-,14+,15-,16?,17?/m0/s1. The number of aliphatic hydroxyl groups excluding tert-OH is 1. The van der Waals surface area contributed by atoms with Crippen LogP contribution in [0.1, 0.15) is 37.6 Å². The summed E-state index contributed by atoms with van der Waals surface area (Å²) >= 11 is 3.22. The van der Waals surface area contributed by atoms with E-state index in [9.17, 15) is 5.11 Å². The van der Waals surface area contributed by atoms with Crippen LogP contribution in [-0.2, 0) is 18.9 Å². The van der Waals surface area contributed by atoms with E-state index in [2.05, 4.69) is 0 Å². The fourth-order valence-electron chi connectivity index (χ4n) is 3.20. The summed E-state index contributed by atoms with van der Waals surface area (Å²) in [6.45, 7) is 4.42. The molecule has 0 aromatic carbocycles. The maximum atomic E-state index is 9.90. The van der Waals surface area contributed by atoms with Gasteiger partial charge >= 0.3 is 0 Å². The predicted octanol–water partition coefficient (Wildman–Crippen LogP) is 3.72. The summed E-state index contributed by atoms with van der Waals surface area (Å²) in [6, 6.07) is 4.00. The molecule has 4 heterocycles. The Balaban J connectivity index is 1.60. The molecule has 2 aromatic heterocycles. The zero-order chi connectivity index (χ0) is 17.4. The number of hydrogen-bond acceptors (Lipinski definition) is 7. The van der Waals surface area contributed by atoms with E-state index >= 15 is 0 Å². The van der Waals surface area contributed by atoms with E-state index in [1.807, 2.05) is 47.5 Å². The molecule has 5 nitrogen and oxygen atoms in total. The van der Waals surface area contributed by atoms with E-state index in [0.29, 0.717) is 6.61 Å². The number of rotatable bonds is 4. The van der Waals surface area contributed by atoms with Crippen molar-refractivity contribution in [2.24, 2.45) is 5.41 Å². The topological polar surface area (TPSA) is 57.2 Å². The minimum absolute atomic E-state index is 0.00454. The highest BCUT2D eigenvalue weighted by Crippen LogP contribution is 2.43. The molecule has 0 spiro atoms. The molecule has 1 N–H and O–H groups in total. The van der Waals surface area contributed by atoms with Crippen molar-refractivity contribution >= 4 is 22.7 Å². The molecule has 0 aliphatic carbocycles. The predicted molar refractivity (Wildman–Crippen MR) is 95.6 cm³/mol. The van der Waals surface area contributed by atoms with Crippen LogP contribution in [0.5, 0.6) is 0 Å². The summed E-state index contributed by atoms with van der Waals surface area (Å²) in [5, 5.41) is 17.9. The van der Waals surface area contributed by atoms with Gasteiger partial charge in [-0.25, -0.2) is 0 Å². The molecule has 5 atom stereocenters. The molecular weight excluding hydrogens is 360 g/mol. The lowest BCUT2D eigenvalue weighted by molar-refractivity contribution is -0.377. The van der Waals surface area contributed by atoms with Crippen LogP contribution in [0.4, 0.5) is 0 Å². The van der Waals surface area contributed by atoms with Crippen LogP contribution < -0.4 is 0 Å². The number of hydrogen-bond donors (Lipinski definition) is 1. The van der Waals surface area contributed by atoms with Crippen LogP contribution in [0, 0.1) is 5.41 Å². The van der Waals surface area contributed by atoms with Crippen molar-refractivity contribution in [3.63, 3.8) is 0 Å². The largest absolute Gasteiger partial charge is 0.396 e. The van der Waals surface area contributed by atoms with Gasteiger partial charge in [-0.1, -0.05) is 13.8 Å². The lowest BCUT2D eigenvalue weighted by Crippen LogP contribution is -2.59. The van der Waals surface area contributed by atoms with Crippen LogP contribution in [0.15, 0.2) is 33.7 Å². The third-order valence-corrected chi connectivity index (χ3v) is 6.14. The fraction of sp³-hybridized carbons (Fsp3) is 0.556. The van der Waals surface area contributed by atoms with Gasteiger partial charge in [0.25, 0.3) is 0 Å². The third-order valence-electron chi connectivity index (χ3n) is 4.73. The normalized spacial score (nSPS) is 33.2. The van der Waals surface area contributed by atoms with Crippen molar-refractivity contribution < 1.29 is 24.1 Å². The van der Waals surface area contributed by atoms with Crippen LogP contribution in [0.25, 0.3) is 0 Å². The number of aliphatic hydroxyl groups is 1. The first-order valence-electron chi connectivity index (χ1n) is 8.31. The van der Waals surface area contributed by atoms with Crippen molar-refractivity contribution in [1.29, 1.82) is 0 Å². The van der Waals surface area contributed by atoms with Crippen LogP contribution in [0.2, 0.25) is 0 Å². The minimum atomic E-state index is -0.465. The zero-order valence-corrected chi connectivity index (χ0v) is 15.8. The lowest BCUT2D eigenvalue weighted by Gasteiger charge is -2.50. The summed E-state index contributed by atoms with van der Waals surface area (Å²) in [7, 11) is 0. The molecule has 0 amide bonds. The van der Waals surface area contributed by atoms with E-state index in [1.54, 1.807) is 22.7 Å². The van der Waals surface area contributed by atoms with E-state index in [4.69, 9.17) is 18.9 Å². The molecule has 2 aliphatic rings. The molecule has 25 heavy (non-hydrogen) atoms. The molecule has 2 aromatic rings. The second-order valence-corrected chi connectivity index (χ2v) is 8.65. The van der Waals surface area contributed by atoms with E-state index in [1.165, 1.54) is 0 Å². The Bertz CT molecular complexity index is 670. The first-order chi connectivity index (χ1) is 12.1. The smallest absolute Gasteiger partial charge is 0.185 e. The number of fused-ring (bicyclic) bond motifs is 1. The van der Waals surface area contributed by atoms with E-state index < -0.39 is 18.0 Å². The zero-order valence-electron chi connectivity index (χ0n) is 14.2. The number of thiophene rings is 2. The molecule has 2 fully saturated rings. The van der Waals surface area contributed by atoms with Gasteiger partial charge in [0.1, 0.15) is 12.2 Å². The van der Waals surface area contributed by atoms with Gasteiger partial charge in [-0.3, -0.25) is 0 Å². The highest BCUT2D eigenvalue weighted by molar-refractivity contribution is 7.08. The van der Waals surface area contributed by atoms with Gasteiger partial charge in [0.15, 0.2) is 12.6 Å². The Morgan fingerprint density at radius 1 is 1.04 bits per heavy atom. The van der Waals surface area contributed by atoms with Crippen molar-refractivity contribution in [3.05, 3.63) is 44.8 Å². The Kier molecular flexibility index (Phi) is 4.98. The first kappa shape index (κ1) is 17.6. The van der Waals surface area contributed by atoms with Gasteiger partial charge in [0.2, 0.25) is 0 Å². The monoisotopic (exact) mass is 382 g/mol. The summed E-state index contributed by atoms with van der Waals surface area (Å²) in [5.41, 5.74) is 1.53. The first-order valence-corrected chi connectivity index (χ1v) is 10.2. The maximum absolute atomic E-state index is 9.90. The molecule has 7 heteroatoms. The molecule has 0 radical (unpaired) electrons. The van der Waals surface area contributed by atoms with Crippen molar-refractivity contribution in [2.45, 2.75) is 44.7 Å². The average molecular weight is 383 g/mol. The average Bonchev–Trinajstić information content (AvgIpc) is 3.33. The second kappa shape index (κ2) is 7.08. The molecular formula is C18H22O5S2. The summed E-state index contributed by atoms with van der Waals surface area (Å²) in [4.78, 5) is 0. The van der Waals surface area contributed by atoms with E-state index in [0.717, 1.165) is 11.1 Å². The Hall–Kier alpha value is -0.800. The lowest BCUT2D eigenvalue weighted by atomic mass is 9.81. The molecule has 2 unspecified atom stereocenters. The Morgan fingerprint density at radius 2 is 1.72 bits per heavy atom. The van der Waals surface area contributed by atoms with Crippen LogP contribution in [0.3, 0.4) is 0 Å². The van der Waals surface area contributed by atoms with Gasteiger partial charge < -0.3 is 24.1 Å². The van der Waals surface area contributed by atoms with E-state index in [-0.39, 0.29) is 24.9 Å². The summed E-state index contributed by atoms with van der Waals surface area (Å²) in [6.07, 6.45) is -1.71. The van der Waals surface area contributed by atoms with Crippen LogP contribution >= 0.6 is 22.7 Å². The van der Waals surface area contributed by atoms with Crippen molar-refractivity contribution in [1.82, 2.24) is 0 Å². The third kappa shape index (κ3) is 3.42. The van der Waals surface area contributed by atoms with Gasteiger partial charge in [-0.15, -0.1) is 0 Å². The fourth-order valence-corrected chi connectivity index (χ4v) is 4.52. The van der Waals surface area contributed by atoms with Crippen LogP contribution in [-0.4, -0.2) is 36.6 Å². The molecule has 2 saturated heterocycles. The Morgan fingerprint density at radius 3 is 2.32 bits per heavy atom. The summed E-state index contributed by atoms with van der Waals surface area (Å²) < 4.78 is 24.5. The Labute approximate surface area is 155 Å². The molecule has 0 saturated carbocycles. The molecule has 2 aliphatic heterocycles. The number of ether oxygens (including phenoxy) is 4. The quantitative estimate of drug-likeness (QED) is 0.873. The highest BCUT2D eigenvalue weighted by Gasteiger charge is 2.50. The highest BCUT2D eigenvalue weighted by atomic mass is 32.1.